The second kappa shape index (κ2) is 7.26. The van der Waals surface area contributed by atoms with Gasteiger partial charge in [-0.05, 0) is 24.3 Å². The van der Waals surface area contributed by atoms with Gasteiger partial charge in [0.25, 0.3) is 11.3 Å². The monoisotopic (exact) mass is 347 g/mol. The van der Waals surface area contributed by atoms with Crippen molar-refractivity contribution in [3.63, 3.8) is 0 Å². The Morgan fingerprint density at radius 2 is 2.00 bits per heavy atom. The van der Waals surface area contributed by atoms with Crippen LogP contribution in [0.2, 0.25) is 0 Å². The molecule has 0 bridgehead atoms. The van der Waals surface area contributed by atoms with E-state index in [1.165, 1.54) is 10.6 Å². The summed E-state index contributed by atoms with van der Waals surface area (Å²) in [7, 11) is 1.63. The van der Waals surface area contributed by atoms with Crippen LogP contribution in [-0.4, -0.2) is 39.1 Å². The van der Waals surface area contributed by atoms with Gasteiger partial charge in [0.05, 0.1) is 19.4 Å². The lowest BCUT2D eigenvalue weighted by Crippen LogP contribution is -2.15. The Balaban J connectivity index is 1.48. The number of hydrogen-bond acceptors (Lipinski definition) is 7. The van der Waals surface area contributed by atoms with E-state index in [9.17, 15) is 4.79 Å². The number of H-pyrrole nitrogens is 1. The summed E-state index contributed by atoms with van der Waals surface area (Å²) in [5, 5.41) is 2.63. The largest absolute Gasteiger partial charge is 0.497 e. The van der Waals surface area contributed by atoms with Gasteiger partial charge < -0.3 is 15.2 Å². The van der Waals surface area contributed by atoms with Crippen molar-refractivity contribution in [3.8, 4) is 11.5 Å². The molecule has 0 fully saturated rings. The Bertz CT molecular complexity index is 875. The van der Waals surface area contributed by atoms with Crippen LogP contribution in [0, 0.1) is 0 Å². The third-order valence-corrected chi connectivity index (χ3v) is 4.16. The average molecular weight is 347 g/mol. The van der Waals surface area contributed by atoms with Gasteiger partial charge >= 0.3 is 0 Å². The number of nitrogens with one attached hydrogen (secondary N) is 1. The van der Waals surface area contributed by atoms with E-state index in [4.69, 9.17) is 15.2 Å². The van der Waals surface area contributed by atoms with E-state index in [1.54, 1.807) is 18.9 Å². The van der Waals surface area contributed by atoms with Crippen LogP contribution in [0.25, 0.3) is 5.78 Å². The number of anilines is 1. The number of methoxy groups -OCH3 is 1. The summed E-state index contributed by atoms with van der Waals surface area (Å²) in [5.41, 5.74) is 5.97. The maximum Gasteiger partial charge on any atom is 0.274 e. The maximum absolute atomic E-state index is 11.9. The number of thioether (sulfide) groups is 1. The van der Waals surface area contributed by atoms with Crippen LogP contribution >= 0.6 is 11.8 Å². The molecular weight excluding hydrogens is 330 g/mol. The smallest absolute Gasteiger partial charge is 0.274 e. The lowest BCUT2D eigenvalue weighted by Gasteiger charge is -2.06. The van der Waals surface area contributed by atoms with Crippen molar-refractivity contribution >= 4 is 23.5 Å². The zero-order chi connectivity index (χ0) is 16.9. The van der Waals surface area contributed by atoms with Gasteiger partial charge in [-0.15, -0.1) is 0 Å². The van der Waals surface area contributed by atoms with Gasteiger partial charge in [-0.2, -0.15) is 21.3 Å². The Morgan fingerprint density at radius 1 is 1.25 bits per heavy atom. The minimum atomic E-state index is -0.228. The first-order valence-corrected chi connectivity index (χ1v) is 8.40. The second-order valence-electron chi connectivity index (χ2n) is 4.91. The summed E-state index contributed by atoms with van der Waals surface area (Å²) in [4.78, 5) is 20.2. The normalized spacial score (nSPS) is 10.9. The summed E-state index contributed by atoms with van der Waals surface area (Å²) >= 11 is 1.63. The first kappa shape index (κ1) is 16.2. The zero-order valence-corrected chi connectivity index (χ0v) is 13.9. The summed E-state index contributed by atoms with van der Waals surface area (Å²) in [6.45, 7) is 0.563. The van der Waals surface area contributed by atoms with Crippen molar-refractivity contribution in [2.24, 2.45) is 0 Å². The predicted molar refractivity (Wildman–Crippen MR) is 92.7 cm³/mol. The van der Waals surface area contributed by atoms with Crippen LogP contribution in [0.15, 0.2) is 35.1 Å². The third-order valence-electron chi connectivity index (χ3n) is 3.21. The van der Waals surface area contributed by atoms with Crippen LogP contribution in [0.1, 0.15) is 5.69 Å². The van der Waals surface area contributed by atoms with Gasteiger partial charge in [0, 0.05) is 17.6 Å². The number of ether oxygens (including phenoxy) is 2. The van der Waals surface area contributed by atoms with E-state index in [0.717, 1.165) is 17.3 Å². The van der Waals surface area contributed by atoms with E-state index in [0.29, 0.717) is 18.1 Å². The lowest BCUT2D eigenvalue weighted by molar-refractivity contribution is 0.342. The minimum absolute atomic E-state index is 0.164. The number of aromatic nitrogens is 4. The van der Waals surface area contributed by atoms with Gasteiger partial charge in [0.15, 0.2) is 0 Å². The van der Waals surface area contributed by atoms with Crippen LogP contribution in [0.5, 0.6) is 11.5 Å². The first-order chi connectivity index (χ1) is 11.7. The summed E-state index contributed by atoms with van der Waals surface area (Å²) in [6, 6.07) is 8.90. The Morgan fingerprint density at radius 3 is 2.75 bits per heavy atom. The number of rotatable bonds is 7. The number of fused-ring (bicyclic) bond motifs is 1. The molecule has 0 amide bonds. The number of nitrogens with zero attached hydrogens (tertiary/aromatic N) is 3. The Hall–Kier alpha value is -2.68. The molecule has 0 aliphatic carbocycles. The van der Waals surface area contributed by atoms with Crippen LogP contribution < -0.4 is 20.8 Å². The van der Waals surface area contributed by atoms with Crippen molar-refractivity contribution in [1.82, 2.24) is 19.6 Å². The van der Waals surface area contributed by atoms with Gasteiger partial charge in [-0.1, -0.05) is 0 Å². The van der Waals surface area contributed by atoms with Gasteiger partial charge in [0.2, 0.25) is 5.95 Å². The summed E-state index contributed by atoms with van der Waals surface area (Å²) in [5.74, 6) is 3.41. The number of benzene rings is 1. The Kier molecular flexibility index (Phi) is 4.90. The molecule has 1 aromatic carbocycles. The fourth-order valence-corrected chi connectivity index (χ4v) is 2.79. The third kappa shape index (κ3) is 3.80. The van der Waals surface area contributed by atoms with Gasteiger partial charge in [-0.3, -0.25) is 9.89 Å². The molecule has 8 nitrogen and oxygen atoms in total. The molecule has 0 atom stereocenters. The highest BCUT2D eigenvalue weighted by Crippen LogP contribution is 2.17. The average Bonchev–Trinajstić information content (AvgIpc) is 2.96. The molecule has 0 unspecified atom stereocenters. The molecule has 0 saturated carbocycles. The molecule has 0 aliphatic rings. The van der Waals surface area contributed by atoms with E-state index in [2.05, 4.69) is 15.1 Å². The Labute approximate surface area is 142 Å². The van der Waals surface area contributed by atoms with Gasteiger partial charge in [-0.25, -0.2) is 4.98 Å². The number of hydrogen-bond donors (Lipinski definition) is 2. The SMILES string of the molecule is COc1ccc(OCCSCc2cc(=O)n3[nH]c(N)nc3n2)cc1. The predicted octanol–water partition coefficient (Wildman–Crippen LogP) is 1.32. The first-order valence-electron chi connectivity index (χ1n) is 7.24. The van der Waals surface area contributed by atoms with E-state index >= 15 is 0 Å². The van der Waals surface area contributed by atoms with Crippen molar-refractivity contribution in [2.75, 3.05) is 25.2 Å². The van der Waals surface area contributed by atoms with Crippen LogP contribution in [-0.2, 0) is 5.75 Å². The molecule has 0 saturated heterocycles. The van der Waals surface area contributed by atoms with E-state index in [1.807, 2.05) is 24.3 Å². The molecule has 2 aromatic heterocycles. The topological polar surface area (TPSA) is 108 Å². The van der Waals surface area contributed by atoms with E-state index in [-0.39, 0.29) is 17.3 Å². The molecule has 2 heterocycles. The van der Waals surface area contributed by atoms with Gasteiger partial charge in [0.1, 0.15) is 11.5 Å². The van der Waals surface area contributed by atoms with Crippen molar-refractivity contribution in [3.05, 3.63) is 46.4 Å². The highest BCUT2D eigenvalue weighted by Gasteiger charge is 2.06. The van der Waals surface area contributed by atoms with Crippen molar-refractivity contribution in [2.45, 2.75) is 5.75 Å². The molecule has 24 heavy (non-hydrogen) atoms. The highest BCUT2D eigenvalue weighted by molar-refractivity contribution is 7.98. The summed E-state index contributed by atoms with van der Waals surface area (Å²) < 4.78 is 12.0. The molecule has 0 aliphatic heterocycles. The van der Waals surface area contributed by atoms with Crippen molar-refractivity contribution in [1.29, 1.82) is 0 Å². The van der Waals surface area contributed by atoms with E-state index < -0.39 is 0 Å². The highest BCUT2D eigenvalue weighted by atomic mass is 32.2. The van der Waals surface area contributed by atoms with Crippen LogP contribution in [0.4, 0.5) is 5.95 Å². The molecule has 0 spiro atoms. The number of nitrogens with two attached hydrogens (primary N) is 1. The molecule has 0 radical (unpaired) electrons. The van der Waals surface area contributed by atoms with Crippen LogP contribution in [0.3, 0.4) is 0 Å². The number of nitrogen functional groups attached to an aromatic ring is 1. The van der Waals surface area contributed by atoms with Crippen molar-refractivity contribution < 1.29 is 9.47 Å². The molecular formula is C15H17N5O3S. The zero-order valence-electron chi connectivity index (χ0n) is 13.1. The number of aromatic amines is 1. The quantitative estimate of drug-likeness (QED) is 0.621. The molecule has 126 valence electrons. The summed E-state index contributed by atoms with van der Waals surface area (Å²) in [6.07, 6.45) is 0. The minimum Gasteiger partial charge on any atom is -0.497 e. The molecule has 9 heteroatoms. The second-order valence-corrected chi connectivity index (χ2v) is 6.01. The molecule has 3 rings (SSSR count). The fourth-order valence-electron chi connectivity index (χ4n) is 2.08. The fraction of sp³-hybridized carbons (Fsp3) is 0.267. The lowest BCUT2D eigenvalue weighted by atomic mass is 10.3. The maximum atomic E-state index is 11.9. The standard InChI is InChI=1S/C15H17N5O3S/c1-22-11-2-4-12(5-3-11)23-6-7-24-9-10-8-13(21)20-15(17-10)18-14(16)19-20/h2-5,8H,6-7,9H2,1H3,(H3,16,17,18,19). The molecule has 3 aromatic rings. The molecule has 3 N–H and O–H groups in total.